The molecule has 0 heterocycles. The van der Waals surface area contributed by atoms with Crippen LogP contribution in [0.25, 0.3) is 0 Å². The van der Waals surface area contributed by atoms with E-state index in [2.05, 4.69) is 0 Å². The number of benzene rings is 1. The molecule has 0 amide bonds. The van der Waals surface area contributed by atoms with Crippen LogP contribution in [-0.2, 0) is 0 Å². The fraction of sp³-hybridized carbons (Fsp3) is 0.400. The molecule has 2 atom stereocenters. The Morgan fingerprint density at radius 2 is 1.82 bits per heavy atom. The van der Waals surface area contributed by atoms with E-state index in [9.17, 15) is 18.3 Å². The summed E-state index contributed by atoms with van der Waals surface area (Å²) < 4.78 is 36.5. The maximum absolute atomic E-state index is 12.2. The summed E-state index contributed by atoms with van der Waals surface area (Å²) in [5, 5.41) is 9.80. The lowest BCUT2D eigenvalue weighted by molar-refractivity contribution is -0.153. The number of nitrogens with two attached hydrogens (primary N) is 1. The Morgan fingerprint density at radius 1 is 1.29 bits per heavy atom. The van der Waals surface area contributed by atoms with Crippen LogP contribution in [0, 0.1) is 0 Å². The molecule has 0 aliphatic rings. The van der Waals surface area contributed by atoms with Gasteiger partial charge in [0.1, 0.15) is 6.04 Å². The van der Waals surface area contributed by atoms with Crippen molar-refractivity contribution in [3.8, 4) is 0 Å². The standard InChI is InChI=1S/C10H11ClF3NO.ClH/c11-7-4-2-1-3-6(7)8(16)5-9(15)10(12,13)14;/h1-4,8-9,16H,5,15H2;1H/t8-,9+;/m0./s1. The van der Waals surface area contributed by atoms with Gasteiger partial charge in [0, 0.05) is 11.4 Å². The van der Waals surface area contributed by atoms with Gasteiger partial charge in [-0.3, -0.25) is 0 Å². The largest absolute Gasteiger partial charge is 0.403 e. The van der Waals surface area contributed by atoms with E-state index in [4.69, 9.17) is 17.3 Å². The third-order valence-corrected chi connectivity index (χ3v) is 2.51. The van der Waals surface area contributed by atoms with Crippen molar-refractivity contribution < 1.29 is 18.3 Å². The van der Waals surface area contributed by atoms with Crippen molar-refractivity contribution >= 4 is 24.0 Å². The molecular weight excluding hydrogens is 278 g/mol. The number of aliphatic hydroxyl groups is 1. The first-order chi connectivity index (χ1) is 7.32. The lowest BCUT2D eigenvalue weighted by atomic mass is 10.0. The Kier molecular flexibility index (Phi) is 6.26. The molecule has 0 radical (unpaired) electrons. The van der Waals surface area contributed by atoms with Gasteiger partial charge in [0.15, 0.2) is 0 Å². The highest BCUT2D eigenvalue weighted by Crippen LogP contribution is 2.29. The smallest absolute Gasteiger partial charge is 0.388 e. The minimum Gasteiger partial charge on any atom is -0.388 e. The van der Waals surface area contributed by atoms with Gasteiger partial charge in [-0.25, -0.2) is 0 Å². The number of hydrogen-bond acceptors (Lipinski definition) is 2. The topological polar surface area (TPSA) is 46.2 Å². The van der Waals surface area contributed by atoms with E-state index in [1.54, 1.807) is 12.1 Å². The Labute approximate surface area is 108 Å². The average Bonchev–Trinajstić information content (AvgIpc) is 2.16. The molecule has 2 nitrogen and oxygen atoms in total. The van der Waals surface area contributed by atoms with Crippen LogP contribution in [0.15, 0.2) is 24.3 Å². The van der Waals surface area contributed by atoms with E-state index in [1.807, 2.05) is 0 Å². The molecule has 1 aromatic carbocycles. The minimum absolute atomic E-state index is 0. The fourth-order valence-electron chi connectivity index (χ4n) is 1.25. The molecule has 3 N–H and O–H groups in total. The summed E-state index contributed by atoms with van der Waals surface area (Å²) in [6.45, 7) is 0. The van der Waals surface area contributed by atoms with Crippen molar-refractivity contribution in [3.05, 3.63) is 34.9 Å². The zero-order valence-electron chi connectivity index (χ0n) is 8.62. The fourth-order valence-corrected chi connectivity index (χ4v) is 1.51. The van der Waals surface area contributed by atoms with Gasteiger partial charge in [-0.05, 0) is 11.6 Å². The maximum Gasteiger partial charge on any atom is 0.403 e. The third-order valence-electron chi connectivity index (χ3n) is 2.16. The molecule has 0 spiro atoms. The third kappa shape index (κ3) is 4.71. The van der Waals surface area contributed by atoms with Gasteiger partial charge in [-0.15, -0.1) is 12.4 Å². The van der Waals surface area contributed by atoms with Gasteiger partial charge in [-0.1, -0.05) is 29.8 Å². The summed E-state index contributed by atoms with van der Waals surface area (Å²) in [6.07, 6.45) is -6.43. The van der Waals surface area contributed by atoms with Gasteiger partial charge < -0.3 is 10.8 Å². The van der Waals surface area contributed by atoms with Crippen molar-refractivity contribution in [3.63, 3.8) is 0 Å². The zero-order valence-corrected chi connectivity index (χ0v) is 10.2. The summed E-state index contributed by atoms with van der Waals surface area (Å²) in [5.41, 5.74) is 5.16. The monoisotopic (exact) mass is 289 g/mol. The molecule has 0 unspecified atom stereocenters. The molecule has 1 aromatic rings. The highest BCUT2D eigenvalue weighted by Gasteiger charge is 2.38. The van der Waals surface area contributed by atoms with Gasteiger partial charge in [0.05, 0.1) is 6.10 Å². The van der Waals surface area contributed by atoms with Gasteiger partial charge in [0.2, 0.25) is 0 Å². The van der Waals surface area contributed by atoms with Crippen LogP contribution in [0.3, 0.4) is 0 Å². The molecule has 0 aliphatic carbocycles. The Bertz CT molecular complexity index is 360. The number of alkyl halides is 3. The van der Waals surface area contributed by atoms with Gasteiger partial charge in [0.25, 0.3) is 0 Å². The summed E-state index contributed by atoms with van der Waals surface area (Å²) in [7, 11) is 0. The van der Waals surface area contributed by atoms with Crippen molar-refractivity contribution in [1.29, 1.82) is 0 Å². The van der Waals surface area contributed by atoms with Crippen LogP contribution in [0.4, 0.5) is 13.2 Å². The van der Waals surface area contributed by atoms with Crippen LogP contribution in [-0.4, -0.2) is 17.3 Å². The number of halogens is 5. The Hall–Kier alpha value is -0.490. The van der Waals surface area contributed by atoms with Crippen LogP contribution in [0.1, 0.15) is 18.1 Å². The summed E-state index contributed by atoms with van der Waals surface area (Å²) in [4.78, 5) is 0. The molecule has 0 saturated carbocycles. The van der Waals surface area contributed by atoms with Crippen LogP contribution in [0.5, 0.6) is 0 Å². The number of rotatable bonds is 3. The van der Waals surface area contributed by atoms with Crippen molar-refractivity contribution in [2.45, 2.75) is 24.7 Å². The average molecular weight is 290 g/mol. The molecule has 0 fully saturated rings. The van der Waals surface area contributed by atoms with E-state index in [-0.39, 0.29) is 23.0 Å². The number of aliphatic hydroxyl groups excluding tert-OH is 1. The first-order valence-electron chi connectivity index (χ1n) is 4.57. The molecule has 1 rings (SSSR count). The first kappa shape index (κ1) is 16.5. The quantitative estimate of drug-likeness (QED) is 0.898. The maximum atomic E-state index is 12.2. The van der Waals surface area contributed by atoms with Crippen molar-refractivity contribution in [2.75, 3.05) is 0 Å². The Balaban J connectivity index is 0.00000256. The predicted molar refractivity (Wildman–Crippen MR) is 62.3 cm³/mol. The lowest BCUT2D eigenvalue weighted by Gasteiger charge is -2.19. The SMILES string of the molecule is Cl.N[C@H](C[C@H](O)c1ccccc1Cl)C(F)(F)F. The molecule has 7 heteroatoms. The predicted octanol–water partition coefficient (Wildman–Crippen LogP) is 3.07. The molecular formula is C10H12Cl2F3NO. The lowest BCUT2D eigenvalue weighted by Crippen LogP contribution is -2.38. The molecule has 0 aliphatic heterocycles. The second kappa shape index (κ2) is 6.44. The van der Waals surface area contributed by atoms with Gasteiger partial charge in [-0.2, -0.15) is 13.2 Å². The first-order valence-corrected chi connectivity index (χ1v) is 4.95. The van der Waals surface area contributed by atoms with Crippen molar-refractivity contribution in [1.82, 2.24) is 0 Å². The number of hydrogen-bond donors (Lipinski definition) is 2. The van der Waals surface area contributed by atoms with Crippen molar-refractivity contribution in [2.24, 2.45) is 5.73 Å². The second-order valence-electron chi connectivity index (χ2n) is 3.42. The second-order valence-corrected chi connectivity index (χ2v) is 3.83. The molecule has 17 heavy (non-hydrogen) atoms. The molecule has 0 aromatic heterocycles. The van der Waals surface area contributed by atoms with E-state index >= 15 is 0 Å². The molecule has 0 bridgehead atoms. The zero-order chi connectivity index (χ0) is 12.3. The van der Waals surface area contributed by atoms with E-state index in [0.29, 0.717) is 0 Å². The highest BCUT2D eigenvalue weighted by molar-refractivity contribution is 6.31. The highest BCUT2D eigenvalue weighted by atomic mass is 35.5. The Morgan fingerprint density at radius 3 is 2.29 bits per heavy atom. The van der Waals surface area contributed by atoms with Crippen LogP contribution >= 0.6 is 24.0 Å². The van der Waals surface area contributed by atoms with E-state index < -0.39 is 24.7 Å². The summed E-state index contributed by atoms with van der Waals surface area (Å²) in [5.74, 6) is 0. The van der Waals surface area contributed by atoms with Crippen LogP contribution in [0.2, 0.25) is 5.02 Å². The molecule has 0 saturated heterocycles. The minimum atomic E-state index is -4.51. The normalized spacial score (nSPS) is 14.9. The summed E-state index contributed by atoms with van der Waals surface area (Å²) in [6, 6.07) is 4.12. The van der Waals surface area contributed by atoms with E-state index in [1.165, 1.54) is 12.1 Å². The van der Waals surface area contributed by atoms with E-state index in [0.717, 1.165) is 0 Å². The summed E-state index contributed by atoms with van der Waals surface area (Å²) >= 11 is 5.73. The van der Waals surface area contributed by atoms with Gasteiger partial charge >= 0.3 is 6.18 Å². The van der Waals surface area contributed by atoms with Crippen LogP contribution < -0.4 is 5.73 Å². The molecule has 98 valence electrons.